The van der Waals surface area contributed by atoms with Gasteiger partial charge in [-0.15, -0.1) is 0 Å². The van der Waals surface area contributed by atoms with E-state index in [1.54, 1.807) is 6.07 Å². The maximum absolute atomic E-state index is 13.7. The van der Waals surface area contributed by atoms with Crippen LogP contribution in [0.5, 0.6) is 0 Å². The molecular weight excluding hydrogens is 261 g/mol. The molecule has 5 nitrogen and oxygen atoms in total. The summed E-state index contributed by atoms with van der Waals surface area (Å²) in [6, 6.07) is 4.36. The molecule has 1 aromatic carbocycles. The lowest BCUT2D eigenvalue weighted by atomic mass is 10.1. The molecule has 1 rings (SSSR count). The Kier molecular flexibility index (Phi) is 6.49. The predicted octanol–water partition coefficient (Wildman–Crippen LogP) is 1.64. The van der Waals surface area contributed by atoms with Crippen molar-refractivity contribution in [2.24, 2.45) is 5.73 Å². The molecule has 0 unspecified atom stereocenters. The van der Waals surface area contributed by atoms with E-state index in [0.717, 1.165) is 6.42 Å². The second kappa shape index (κ2) is 8.14. The molecule has 4 N–H and O–H groups in total. The highest BCUT2D eigenvalue weighted by Crippen LogP contribution is 2.19. The van der Waals surface area contributed by atoms with E-state index >= 15 is 0 Å². The van der Waals surface area contributed by atoms with Crippen molar-refractivity contribution in [3.63, 3.8) is 0 Å². The van der Waals surface area contributed by atoms with Crippen molar-refractivity contribution in [3.8, 4) is 0 Å². The number of rotatable bonds is 8. The monoisotopic (exact) mass is 281 g/mol. The fourth-order valence-corrected chi connectivity index (χ4v) is 1.70. The molecule has 0 saturated carbocycles. The van der Waals surface area contributed by atoms with Crippen LogP contribution in [-0.4, -0.2) is 24.9 Å². The van der Waals surface area contributed by atoms with Gasteiger partial charge in [0.2, 0.25) is 5.91 Å². The molecule has 0 spiro atoms. The van der Waals surface area contributed by atoms with Gasteiger partial charge in [0.05, 0.1) is 11.3 Å². The first-order chi connectivity index (χ1) is 9.56. The van der Waals surface area contributed by atoms with E-state index in [1.807, 2.05) is 6.92 Å². The smallest absolute Gasteiger partial charge is 0.253 e. The largest absolute Gasteiger partial charge is 0.382 e. The molecule has 1 aromatic rings. The van der Waals surface area contributed by atoms with Gasteiger partial charge in [-0.25, -0.2) is 4.39 Å². The fraction of sp³-hybridized carbons (Fsp3) is 0.429. The highest BCUT2D eigenvalue weighted by molar-refractivity contribution is 5.99. The van der Waals surface area contributed by atoms with Gasteiger partial charge in [-0.3, -0.25) is 9.59 Å². The molecule has 0 aromatic heterocycles. The number of carbonyl (C=O) groups is 2. The summed E-state index contributed by atoms with van der Waals surface area (Å²) in [6.45, 7) is 2.87. The minimum atomic E-state index is -0.455. The second-order valence-electron chi connectivity index (χ2n) is 4.41. The third kappa shape index (κ3) is 4.87. The molecule has 6 heteroatoms. The van der Waals surface area contributed by atoms with Crippen molar-refractivity contribution < 1.29 is 14.0 Å². The first kappa shape index (κ1) is 15.9. The standard InChI is InChI=1S/C14H20FN3O2/c1-2-8-17-13-10(5-3-6-11(13)15)14(20)18-9-4-7-12(16)19/h3,5-6,17H,2,4,7-9H2,1H3,(H2,16,19)(H,18,20). The predicted molar refractivity (Wildman–Crippen MR) is 75.9 cm³/mol. The van der Waals surface area contributed by atoms with Gasteiger partial charge in [0, 0.05) is 19.5 Å². The molecule has 2 amide bonds. The van der Waals surface area contributed by atoms with Gasteiger partial charge >= 0.3 is 0 Å². The van der Waals surface area contributed by atoms with Crippen molar-refractivity contribution >= 4 is 17.5 Å². The summed E-state index contributed by atoms with van der Waals surface area (Å²) in [7, 11) is 0. The lowest BCUT2D eigenvalue weighted by Crippen LogP contribution is -2.26. The van der Waals surface area contributed by atoms with Crippen molar-refractivity contribution in [2.45, 2.75) is 26.2 Å². The van der Waals surface area contributed by atoms with Crippen molar-refractivity contribution in [2.75, 3.05) is 18.4 Å². The molecule has 0 aliphatic heterocycles. The fourth-order valence-electron chi connectivity index (χ4n) is 1.70. The highest BCUT2D eigenvalue weighted by Gasteiger charge is 2.14. The van der Waals surface area contributed by atoms with Crippen molar-refractivity contribution in [3.05, 3.63) is 29.6 Å². The van der Waals surface area contributed by atoms with Crippen molar-refractivity contribution in [1.82, 2.24) is 5.32 Å². The molecule has 0 bridgehead atoms. The Morgan fingerprint density at radius 2 is 2.05 bits per heavy atom. The van der Waals surface area contributed by atoms with Crippen molar-refractivity contribution in [1.29, 1.82) is 0 Å². The molecule has 20 heavy (non-hydrogen) atoms. The summed E-state index contributed by atoms with van der Waals surface area (Å²) in [5.41, 5.74) is 5.48. The lowest BCUT2D eigenvalue weighted by Gasteiger charge is -2.12. The normalized spacial score (nSPS) is 10.1. The number of amides is 2. The number of primary amides is 1. The average Bonchev–Trinajstić information content (AvgIpc) is 2.41. The molecule has 0 atom stereocenters. The van der Waals surface area contributed by atoms with E-state index in [4.69, 9.17) is 5.73 Å². The Morgan fingerprint density at radius 1 is 1.30 bits per heavy atom. The van der Waals surface area contributed by atoms with Crippen LogP contribution in [0.25, 0.3) is 0 Å². The van der Waals surface area contributed by atoms with Gasteiger partial charge in [-0.2, -0.15) is 0 Å². The minimum absolute atomic E-state index is 0.210. The van der Waals surface area contributed by atoms with Gasteiger partial charge in [0.25, 0.3) is 5.91 Å². The minimum Gasteiger partial charge on any atom is -0.382 e. The first-order valence-electron chi connectivity index (χ1n) is 6.65. The average molecular weight is 281 g/mol. The molecule has 0 fully saturated rings. The van der Waals surface area contributed by atoms with E-state index in [9.17, 15) is 14.0 Å². The first-order valence-corrected chi connectivity index (χ1v) is 6.65. The van der Waals surface area contributed by atoms with Gasteiger partial charge in [0.15, 0.2) is 0 Å². The Labute approximate surface area is 117 Å². The number of nitrogens with one attached hydrogen (secondary N) is 2. The summed E-state index contributed by atoms with van der Waals surface area (Å²) >= 11 is 0. The lowest BCUT2D eigenvalue weighted by molar-refractivity contribution is -0.118. The third-order valence-electron chi connectivity index (χ3n) is 2.70. The summed E-state index contributed by atoms with van der Waals surface area (Å²) in [4.78, 5) is 22.6. The topological polar surface area (TPSA) is 84.2 Å². The number of nitrogens with two attached hydrogens (primary N) is 1. The Morgan fingerprint density at radius 3 is 2.70 bits per heavy atom. The summed E-state index contributed by atoms with van der Waals surface area (Å²) < 4.78 is 13.7. The zero-order valence-corrected chi connectivity index (χ0v) is 11.5. The molecule has 110 valence electrons. The molecule has 0 aliphatic rings. The number of anilines is 1. The maximum atomic E-state index is 13.7. The SMILES string of the molecule is CCCNc1c(F)cccc1C(=O)NCCCC(N)=O. The summed E-state index contributed by atoms with van der Waals surface area (Å²) in [5, 5.41) is 5.56. The van der Waals surface area contributed by atoms with E-state index in [2.05, 4.69) is 10.6 Å². The van der Waals surface area contributed by atoms with Gasteiger partial charge < -0.3 is 16.4 Å². The second-order valence-corrected chi connectivity index (χ2v) is 4.41. The van der Waals surface area contributed by atoms with Crippen LogP contribution in [0.1, 0.15) is 36.5 Å². The third-order valence-corrected chi connectivity index (χ3v) is 2.70. The van der Waals surface area contributed by atoms with Gasteiger partial charge in [-0.05, 0) is 25.0 Å². The van der Waals surface area contributed by atoms with Crippen LogP contribution in [-0.2, 0) is 4.79 Å². The van der Waals surface area contributed by atoms with Crippen LogP contribution >= 0.6 is 0 Å². The molecule has 0 aliphatic carbocycles. The number of para-hydroxylation sites is 1. The molecular formula is C14H20FN3O2. The molecule has 0 radical (unpaired) electrons. The summed E-state index contributed by atoms with van der Waals surface area (Å²) in [5.74, 6) is -1.23. The van der Waals surface area contributed by atoms with E-state index in [1.165, 1.54) is 12.1 Å². The number of benzene rings is 1. The van der Waals surface area contributed by atoms with Crippen LogP contribution < -0.4 is 16.4 Å². The van der Waals surface area contributed by atoms with E-state index < -0.39 is 11.7 Å². The Hall–Kier alpha value is -2.11. The van der Waals surface area contributed by atoms with Gasteiger partial charge in [0.1, 0.15) is 5.82 Å². The number of halogens is 1. The van der Waals surface area contributed by atoms with Crippen LogP contribution in [0.15, 0.2) is 18.2 Å². The van der Waals surface area contributed by atoms with Crippen LogP contribution in [0.3, 0.4) is 0 Å². The molecule has 0 saturated heterocycles. The molecule has 0 heterocycles. The number of hydrogen-bond donors (Lipinski definition) is 3. The van der Waals surface area contributed by atoms with E-state index in [0.29, 0.717) is 19.5 Å². The Balaban J connectivity index is 2.66. The Bertz CT molecular complexity index is 477. The zero-order chi connectivity index (χ0) is 15.0. The highest BCUT2D eigenvalue weighted by atomic mass is 19.1. The number of carbonyl (C=O) groups excluding carboxylic acids is 2. The van der Waals surface area contributed by atoms with Crippen LogP contribution in [0.2, 0.25) is 0 Å². The van der Waals surface area contributed by atoms with Gasteiger partial charge in [-0.1, -0.05) is 13.0 Å². The number of hydrogen-bond acceptors (Lipinski definition) is 3. The van der Waals surface area contributed by atoms with E-state index in [-0.39, 0.29) is 23.6 Å². The quantitative estimate of drug-likeness (QED) is 0.633. The van der Waals surface area contributed by atoms with Crippen LogP contribution in [0, 0.1) is 5.82 Å². The maximum Gasteiger partial charge on any atom is 0.253 e. The summed E-state index contributed by atoms with van der Waals surface area (Å²) in [6.07, 6.45) is 1.51. The van der Waals surface area contributed by atoms with Crippen LogP contribution in [0.4, 0.5) is 10.1 Å². The zero-order valence-electron chi connectivity index (χ0n) is 11.5.